The van der Waals surface area contributed by atoms with Crippen molar-refractivity contribution in [3.05, 3.63) is 65.4 Å². The Balaban J connectivity index is 1.40. The molecule has 0 unspecified atom stereocenters. The molecule has 6 heteroatoms. The second kappa shape index (κ2) is 9.19. The van der Waals surface area contributed by atoms with E-state index in [1.165, 1.54) is 5.56 Å². The standard InChI is InChI=1S/C21H22N2O3S/c1-2-15-4-8-17(9-5-15)25-12-3-13-26-18-10-6-16(7-11-18)14-19-20(24)23-21(27)22-19/h4-11,14H,2-3,12-13H2,1H3,(H2,22,23,24,27)/b19-14-. The first-order chi connectivity index (χ1) is 13.1. The van der Waals surface area contributed by atoms with Gasteiger partial charge in [-0.1, -0.05) is 31.2 Å². The Morgan fingerprint density at radius 1 is 0.926 bits per heavy atom. The van der Waals surface area contributed by atoms with Crippen molar-refractivity contribution >= 4 is 29.3 Å². The number of rotatable bonds is 8. The normalized spacial score (nSPS) is 14.8. The summed E-state index contributed by atoms with van der Waals surface area (Å²) in [5.41, 5.74) is 2.64. The van der Waals surface area contributed by atoms with Crippen molar-refractivity contribution in [1.82, 2.24) is 10.6 Å². The molecule has 0 saturated carbocycles. The minimum absolute atomic E-state index is 0.218. The summed E-state index contributed by atoms with van der Waals surface area (Å²) in [5.74, 6) is 1.45. The van der Waals surface area contributed by atoms with Crippen LogP contribution in [-0.4, -0.2) is 24.2 Å². The zero-order valence-electron chi connectivity index (χ0n) is 15.2. The van der Waals surface area contributed by atoms with Gasteiger partial charge in [0, 0.05) is 6.42 Å². The van der Waals surface area contributed by atoms with Gasteiger partial charge in [-0.2, -0.15) is 0 Å². The summed E-state index contributed by atoms with van der Waals surface area (Å²) < 4.78 is 11.4. The highest BCUT2D eigenvalue weighted by Crippen LogP contribution is 2.16. The molecule has 3 rings (SSSR count). The van der Waals surface area contributed by atoms with Gasteiger partial charge in [0.15, 0.2) is 5.11 Å². The predicted molar refractivity (Wildman–Crippen MR) is 110 cm³/mol. The smallest absolute Gasteiger partial charge is 0.273 e. The number of aryl methyl sites for hydroxylation is 1. The molecule has 0 aliphatic carbocycles. The molecule has 140 valence electrons. The lowest BCUT2D eigenvalue weighted by molar-refractivity contribution is -0.115. The maximum Gasteiger partial charge on any atom is 0.273 e. The molecule has 1 amide bonds. The van der Waals surface area contributed by atoms with Crippen LogP contribution in [0.25, 0.3) is 6.08 Å². The quantitative estimate of drug-likeness (QED) is 0.416. The van der Waals surface area contributed by atoms with E-state index >= 15 is 0 Å². The number of benzene rings is 2. The summed E-state index contributed by atoms with van der Waals surface area (Å²) >= 11 is 4.91. The molecule has 0 bridgehead atoms. The summed E-state index contributed by atoms with van der Waals surface area (Å²) in [6, 6.07) is 15.7. The van der Waals surface area contributed by atoms with Gasteiger partial charge in [0.2, 0.25) is 0 Å². The third-order valence-electron chi connectivity index (χ3n) is 4.07. The average Bonchev–Trinajstić information content (AvgIpc) is 3.00. The number of amides is 1. The molecule has 0 atom stereocenters. The van der Waals surface area contributed by atoms with Crippen molar-refractivity contribution < 1.29 is 14.3 Å². The summed E-state index contributed by atoms with van der Waals surface area (Å²) in [6.07, 6.45) is 3.57. The van der Waals surface area contributed by atoms with Gasteiger partial charge >= 0.3 is 0 Å². The van der Waals surface area contributed by atoms with E-state index in [2.05, 4.69) is 29.7 Å². The zero-order chi connectivity index (χ0) is 19.1. The summed E-state index contributed by atoms with van der Waals surface area (Å²) in [6.45, 7) is 3.32. The third-order valence-corrected chi connectivity index (χ3v) is 4.27. The van der Waals surface area contributed by atoms with E-state index < -0.39 is 0 Å². The van der Waals surface area contributed by atoms with Crippen LogP contribution >= 0.6 is 12.2 Å². The Bertz CT molecular complexity index is 830. The van der Waals surface area contributed by atoms with E-state index in [9.17, 15) is 4.79 Å². The summed E-state index contributed by atoms with van der Waals surface area (Å²) in [4.78, 5) is 11.6. The largest absolute Gasteiger partial charge is 0.493 e. The maximum atomic E-state index is 11.6. The highest BCUT2D eigenvalue weighted by Gasteiger charge is 2.19. The van der Waals surface area contributed by atoms with Crippen LogP contribution in [0.2, 0.25) is 0 Å². The Hall–Kier alpha value is -2.86. The molecular formula is C21H22N2O3S. The van der Waals surface area contributed by atoms with Crippen LogP contribution in [0, 0.1) is 0 Å². The van der Waals surface area contributed by atoms with Crippen molar-refractivity contribution in [2.45, 2.75) is 19.8 Å². The topological polar surface area (TPSA) is 59.6 Å². The second-order valence-corrected chi connectivity index (χ2v) is 6.49. The minimum Gasteiger partial charge on any atom is -0.493 e. The molecule has 0 spiro atoms. The first kappa shape index (κ1) is 18.9. The lowest BCUT2D eigenvalue weighted by Crippen LogP contribution is -2.21. The number of thiocarbonyl (C=S) groups is 1. The van der Waals surface area contributed by atoms with Crippen molar-refractivity contribution in [3.8, 4) is 11.5 Å². The van der Waals surface area contributed by atoms with Crippen LogP contribution < -0.4 is 20.1 Å². The molecule has 1 aliphatic rings. The van der Waals surface area contributed by atoms with Crippen LogP contribution in [-0.2, 0) is 11.2 Å². The molecule has 5 nitrogen and oxygen atoms in total. The lowest BCUT2D eigenvalue weighted by Gasteiger charge is -2.09. The molecule has 0 aromatic heterocycles. The summed E-state index contributed by atoms with van der Waals surface area (Å²) in [7, 11) is 0. The van der Waals surface area contributed by atoms with Gasteiger partial charge in [0.25, 0.3) is 5.91 Å². The highest BCUT2D eigenvalue weighted by atomic mass is 32.1. The Morgan fingerprint density at radius 3 is 2.04 bits per heavy atom. The predicted octanol–water partition coefficient (Wildman–Crippen LogP) is 3.44. The van der Waals surface area contributed by atoms with E-state index in [1.54, 1.807) is 6.08 Å². The number of nitrogens with one attached hydrogen (secondary N) is 2. The van der Waals surface area contributed by atoms with Crippen LogP contribution in [0.3, 0.4) is 0 Å². The Kier molecular flexibility index (Phi) is 6.44. The zero-order valence-corrected chi connectivity index (χ0v) is 16.0. The van der Waals surface area contributed by atoms with Gasteiger partial charge < -0.3 is 14.8 Å². The van der Waals surface area contributed by atoms with E-state index in [4.69, 9.17) is 21.7 Å². The molecule has 27 heavy (non-hydrogen) atoms. The van der Waals surface area contributed by atoms with Crippen molar-refractivity contribution in [1.29, 1.82) is 0 Å². The van der Waals surface area contributed by atoms with Gasteiger partial charge in [0.05, 0.1) is 13.2 Å². The first-order valence-electron chi connectivity index (χ1n) is 8.92. The number of hydrogen-bond donors (Lipinski definition) is 2. The van der Waals surface area contributed by atoms with Crippen molar-refractivity contribution in [2.24, 2.45) is 0 Å². The third kappa shape index (κ3) is 5.56. The fraction of sp³-hybridized carbons (Fsp3) is 0.238. The monoisotopic (exact) mass is 382 g/mol. The van der Waals surface area contributed by atoms with Gasteiger partial charge in [-0.05, 0) is 60.1 Å². The molecule has 2 N–H and O–H groups in total. The van der Waals surface area contributed by atoms with Crippen LogP contribution in [0.1, 0.15) is 24.5 Å². The van der Waals surface area contributed by atoms with E-state index in [0.717, 1.165) is 29.9 Å². The molecule has 2 aromatic rings. The van der Waals surface area contributed by atoms with Crippen LogP contribution in [0.15, 0.2) is 54.2 Å². The van der Waals surface area contributed by atoms with E-state index in [0.29, 0.717) is 24.0 Å². The molecule has 2 aromatic carbocycles. The Labute approximate surface area is 164 Å². The fourth-order valence-corrected chi connectivity index (χ4v) is 2.77. The van der Waals surface area contributed by atoms with Crippen molar-refractivity contribution in [3.63, 3.8) is 0 Å². The molecule has 1 saturated heterocycles. The average molecular weight is 382 g/mol. The van der Waals surface area contributed by atoms with Crippen molar-refractivity contribution in [2.75, 3.05) is 13.2 Å². The van der Waals surface area contributed by atoms with Gasteiger partial charge in [-0.3, -0.25) is 10.1 Å². The number of hydrogen-bond acceptors (Lipinski definition) is 4. The first-order valence-corrected chi connectivity index (χ1v) is 9.33. The van der Waals surface area contributed by atoms with Crippen LogP contribution in [0.5, 0.6) is 11.5 Å². The second-order valence-electron chi connectivity index (χ2n) is 6.08. The SMILES string of the molecule is CCc1ccc(OCCCOc2ccc(/C=C3\NC(=S)NC3=O)cc2)cc1. The lowest BCUT2D eigenvalue weighted by atomic mass is 10.2. The fourth-order valence-electron chi connectivity index (χ4n) is 2.57. The van der Waals surface area contributed by atoms with Gasteiger partial charge in [-0.15, -0.1) is 0 Å². The van der Waals surface area contributed by atoms with E-state index in [-0.39, 0.29) is 5.91 Å². The molecule has 1 fully saturated rings. The van der Waals surface area contributed by atoms with Crippen LogP contribution in [0.4, 0.5) is 0 Å². The highest BCUT2D eigenvalue weighted by molar-refractivity contribution is 7.80. The van der Waals surface area contributed by atoms with Gasteiger partial charge in [0.1, 0.15) is 17.2 Å². The minimum atomic E-state index is -0.218. The molecule has 1 aliphatic heterocycles. The number of ether oxygens (including phenoxy) is 2. The Morgan fingerprint density at radius 2 is 1.52 bits per heavy atom. The van der Waals surface area contributed by atoms with E-state index in [1.807, 2.05) is 36.4 Å². The molecule has 0 radical (unpaired) electrons. The summed E-state index contributed by atoms with van der Waals surface area (Å²) in [5, 5.41) is 5.68. The van der Waals surface area contributed by atoms with Gasteiger partial charge in [-0.25, -0.2) is 0 Å². The molecule has 1 heterocycles. The number of carbonyl (C=O) groups is 1. The number of carbonyl (C=O) groups excluding carboxylic acids is 1. The maximum absolute atomic E-state index is 11.6. The molecular weight excluding hydrogens is 360 g/mol.